The van der Waals surface area contributed by atoms with E-state index >= 15 is 8.78 Å². The number of rotatable bonds is 18. The zero-order valence-electron chi connectivity index (χ0n) is 31.8. The highest BCUT2D eigenvalue weighted by Gasteiger charge is 2.44. The number of aromatic nitrogens is 2. The highest BCUT2D eigenvalue weighted by atomic mass is 19.1. The van der Waals surface area contributed by atoms with Gasteiger partial charge in [-0.1, -0.05) is 30.3 Å². The first-order chi connectivity index (χ1) is 26.8. The summed E-state index contributed by atoms with van der Waals surface area (Å²) in [7, 11) is 1.48. The molecule has 3 N–H and O–H groups in total. The normalized spacial score (nSPS) is 17.9. The number of urea groups is 1. The predicted molar refractivity (Wildman–Crippen MR) is 199 cm³/mol. The molecule has 0 aliphatic carbocycles. The van der Waals surface area contributed by atoms with Crippen molar-refractivity contribution in [3.63, 3.8) is 0 Å². The number of amides is 5. The number of imidazole rings is 1. The first-order valence-corrected chi connectivity index (χ1v) is 18.3. The Labute approximate surface area is 323 Å². The Morgan fingerprint density at radius 3 is 2.48 bits per heavy atom. The molecule has 1 aromatic heterocycles. The molecule has 56 heavy (non-hydrogen) atoms. The van der Waals surface area contributed by atoms with Gasteiger partial charge in [-0.2, -0.15) is 0 Å². The van der Waals surface area contributed by atoms with E-state index in [-0.39, 0.29) is 69.6 Å². The number of nitrogens with one attached hydrogen (secondary N) is 3. The molecule has 5 amide bonds. The highest BCUT2D eigenvalue weighted by Crippen LogP contribution is 2.37. The molecule has 2 aliphatic rings. The third-order valence-electron chi connectivity index (χ3n) is 9.61. The van der Waals surface area contributed by atoms with Gasteiger partial charge in [0.25, 0.3) is 11.8 Å². The van der Waals surface area contributed by atoms with Crippen molar-refractivity contribution in [3.8, 4) is 11.3 Å². The van der Waals surface area contributed by atoms with Gasteiger partial charge in [0.05, 0.1) is 37.1 Å². The van der Waals surface area contributed by atoms with Crippen LogP contribution in [0.25, 0.3) is 11.3 Å². The fourth-order valence-electron chi connectivity index (χ4n) is 6.48. The molecule has 0 radical (unpaired) electrons. The number of ether oxygens (including phenoxy) is 3. The van der Waals surface area contributed by atoms with Crippen LogP contribution in [-0.2, 0) is 30.3 Å². The van der Waals surface area contributed by atoms with Gasteiger partial charge in [0.15, 0.2) is 0 Å². The lowest BCUT2D eigenvalue weighted by molar-refractivity contribution is -0.137. The zero-order valence-corrected chi connectivity index (χ0v) is 31.8. The molecule has 14 nitrogen and oxygen atoms in total. The van der Waals surface area contributed by atoms with Gasteiger partial charge in [-0.15, -0.1) is 0 Å². The summed E-state index contributed by atoms with van der Waals surface area (Å²) in [6, 6.07) is 10.1. The lowest BCUT2D eigenvalue weighted by Gasteiger charge is -2.42. The first-order valence-electron chi connectivity index (χ1n) is 18.3. The molecule has 0 saturated carbocycles. The Morgan fingerprint density at radius 1 is 1.07 bits per heavy atom. The second-order valence-corrected chi connectivity index (χ2v) is 14.2. The summed E-state index contributed by atoms with van der Waals surface area (Å²) in [5.41, 5.74) is -0.238. The molecule has 1 saturated heterocycles. The van der Waals surface area contributed by atoms with Gasteiger partial charge in [0, 0.05) is 69.7 Å². The summed E-state index contributed by atoms with van der Waals surface area (Å²) in [4.78, 5) is 57.4. The third kappa shape index (κ3) is 10.7. The number of carbonyl (C=O) groups excluding carboxylic acids is 4. The standard InChI is InChI=1S/C39H48F3N7O7/c1-25(24-56-38(53)44-14-16-55-17-15-48-33(50)12-13-34(48)51)45-37(52)49(22-27-19-43-20-31(27)42)35(39(2,3)54-4)36-46-32(29-18-28(40)10-11-30(29)41)23-47(36)21-26-8-6-5-7-9-26/h5-13,18,23,25,27,31,35,43H,14-17,19-22,24H2,1-4H3,(H,44,53)(H,45,52). The Bertz CT molecular complexity index is 1860. The fourth-order valence-corrected chi connectivity index (χ4v) is 6.48. The molecule has 0 spiro atoms. The quantitative estimate of drug-likeness (QED) is 0.128. The average Bonchev–Trinajstić information content (AvgIpc) is 3.87. The van der Waals surface area contributed by atoms with Crippen LogP contribution in [-0.4, -0.2) is 121 Å². The number of alkyl halides is 1. The second-order valence-electron chi connectivity index (χ2n) is 14.2. The number of alkyl carbamates (subject to hydrolysis) is 1. The van der Waals surface area contributed by atoms with Crippen LogP contribution < -0.4 is 16.0 Å². The van der Waals surface area contributed by atoms with E-state index in [0.29, 0.717) is 6.54 Å². The van der Waals surface area contributed by atoms with Gasteiger partial charge < -0.3 is 39.6 Å². The van der Waals surface area contributed by atoms with Crippen LogP contribution in [0.2, 0.25) is 0 Å². The SMILES string of the molecule is COC(C)(C)C(c1nc(-c2cc(F)ccc2F)cn1Cc1ccccc1)N(CC1CNCC1F)C(=O)NC(C)COC(=O)NCCOCCN1C(=O)C=CC1=O. The van der Waals surface area contributed by atoms with Crippen LogP contribution in [0.3, 0.4) is 0 Å². The van der Waals surface area contributed by atoms with Crippen molar-refractivity contribution < 1.29 is 46.6 Å². The molecule has 1 fully saturated rings. The molecule has 17 heteroatoms. The third-order valence-corrected chi connectivity index (χ3v) is 9.61. The van der Waals surface area contributed by atoms with E-state index < -0.39 is 65.3 Å². The first kappa shape index (κ1) is 41.9. The summed E-state index contributed by atoms with van der Waals surface area (Å²) < 4.78 is 63.2. The Hall–Kier alpha value is -5.26. The number of nitrogens with zero attached hydrogens (tertiary/aromatic N) is 4. The second kappa shape index (κ2) is 19.1. The Kier molecular flexibility index (Phi) is 14.3. The minimum absolute atomic E-state index is 0.0655. The van der Waals surface area contributed by atoms with Gasteiger partial charge in [0.2, 0.25) is 0 Å². The van der Waals surface area contributed by atoms with E-state index in [0.717, 1.165) is 28.7 Å². The molecule has 302 valence electrons. The largest absolute Gasteiger partial charge is 0.447 e. The number of methoxy groups -OCH3 is 1. The summed E-state index contributed by atoms with van der Waals surface area (Å²) in [5.74, 6) is -2.47. The number of hydrogen-bond acceptors (Lipinski definition) is 9. The van der Waals surface area contributed by atoms with Gasteiger partial charge in [-0.3, -0.25) is 14.5 Å². The van der Waals surface area contributed by atoms with Crippen LogP contribution in [0.5, 0.6) is 0 Å². The number of hydrogen-bond donors (Lipinski definition) is 3. The minimum atomic E-state index is -1.26. The number of carbonyl (C=O) groups is 4. The lowest BCUT2D eigenvalue weighted by Crippen LogP contribution is -2.55. The van der Waals surface area contributed by atoms with Crippen LogP contribution in [0.4, 0.5) is 22.8 Å². The van der Waals surface area contributed by atoms with Crippen LogP contribution >= 0.6 is 0 Å². The van der Waals surface area contributed by atoms with Crippen molar-refractivity contribution in [2.45, 2.75) is 51.2 Å². The summed E-state index contributed by atoms with van der Waals surface area (Å²) in [6.45, 7) is 5.87. The summed E-state index contributed by atoms with van der Waals surface area (Å²) in [5, 5.41) is 8.42. The van der Waals surface area contributed by atoms with E-state index in [9.17, 15) is 23.6 Å². The van der Waals surface area contributed by atoms with Crippen molar-refractivity contribution in [2.75, 3.05) is 59.7 Å². The number of halogens is 3. The molecule has 4 atom stereocenters. The number of benzene rings is 2. The maximum atomic E-state index is 15.2. The van der Waals surface area contributed by atoms with E-state index in [1.165, 1.54) is 24.2 Å². The molecular weight excluding hydrogens is 735 g/mol. The average molecular weight is 784 g/mol. The molecule has 5 rings (SSSR count). The lowest BCUT2D eigenvalue weighted by atomic mass is 9.94. The number of imide groups is 1. The molecule has 0 bridgehead atoms. The molecule has 3 aromatic rings. The van der Waals surface area contributed by atoms with Gasteiger partial charge in [-0.05, 0) is 44.5 Å². The van der Waals surface area contributed by atoms with Crippen molar-refractivity contribution >= 4 is 23.9 Å². The fraction of sp³-hybridized carbons (Fsp3) is 0.462. The highest BCUT2D eigenvalue weighted by molar-refractivity contribution is 6.12. The molecule has 2 aliphatic heterocycles. The van der Waals surface area contributed by atoms with E-state index in [1.807, 2.05) is 30.3 Å². The molecule has 3 heterocycles. The maximum Gasteiger partial charge on any atom is 0.407 e. The molecular formula is C39H48F3N7O7. The van der Waals surface area contributed by atoms with Crippen molar-refractivity contribution in [2.24, 2.45) is 5.92 Å². The minimum Gasteiger partial charge on any atom is -0.447 e. The van der Waals surface area contributed by atoms with E-state index in [4.69, 9.17) is 19.2 Å². The molecule has 2 aromatic carbocycles. The van der Waals surface area contributed by atoms with Crippen molar-refractivity contribution in [1.82, 2.24) is 35.3 Å². The summed E-state index contributed by atoms with van der Waals surface area (Å²) in [6.07, 6.45) is 1.94. The van der Waals surface area contributed by atoms with Crippen molar-refractivity contribution in [3.05, 3.63) is 89.9 Å². The summed E-state index contributed by atoms with van der Waals surface area (Å²) >= 11 is 0. The van der Waals surface area contributed by atoms with E-state index in [1.54, 1.807) is 31.5 Å². The van der Waals surface area contributed by atoms with Gasteiger partial charge >= 0.3 is 12.1 Å². The van der Waals surface area contributed by atoms with E-state index in [2.05, 4.69) is 16.0 Å². The maximum absolute atomic E-state index is 15.2. The predicted octanol–water partition coefficient (Wildman–Crippen LogP) is 3.97. The monoisotopic (exact) mass is 783 g/mol. The Morgan fingerprint density at radius 2 is 1.80 bits per heavy atom. The van der Waals surface area contributed by atoms with Crippen LogP contribution in [0.1, 0.15) is 38.2 Å². The topological polar surface area (TPSA) is 156 Å². The van der Waals surface area contributed by atoms with Gasteiger partial charge in [0.1, 0.15) is 36.3 Å². The smallest absolute Gasteiger partial charge is 0.407 e. The zero-order chi connectivity index (χ0) is 40.4. The van der Waals surface area contributed by atoms with Gasteiger partial charge in [-0.25, -0.2) is 27.7 Å². The molecule has 4 unspecified atom stereocenters. The van der Waals surface area contributed by atoms with Crippen LogP contribution in [0.15, 0.2) is 66.9 Å². The Balaban J connectivity index is 1.33. The van der Waals surface area contributed by atoms with Crippen LogP contribution in [0, 0.1) is 17.6 Å². The van der Waals surface area contributed by atoms with Crippen molar-refractivity contribution in [1.29, 1.82) is 0 Å².